The second kappa shape index (κ2) is 8.88. The molecule has 0 fully saturated rings. The van der Waals surface area contributed by atoms with E-state index in [2.05, 4.69) is 0 Å². The second-order valence-corrected chi connectivity index (χ2v) is 0.848. The summed E-state index contributed by atoms with van der Waals surface area (Å²) in [5, 5.41) is 0. The Morgan fingerprint density at radius 3 is 1.17 bits per heavy atom. The summed E-state index contributed by atoms with van der Waals surface area (Å²) < 4.78 is 8.74. The first-order valence-electron chi connectivity index (χ1n) is 0.651. The van der Waals surface area contributed by atoms with E-state index in [-0.39, 0.29) is 20.2 Å². The third kappa shape index (κ3) is 16700. The van der Waals surface area contributed by atoms with Crippen molar-refractivity contribution >= 4 is 29.4 Å². The summed E-state index contributed by atoms with van der Waals surface area (Å²) in [5.74, 6) is 0. The van der Waals surface area contributed by atoms with E-state index < -0.39 is 9.17 Å². The van der Waals surface area contributed by atoms with Gasteiger partial charge in [0.2, 0.25) is 0 Å². The Morgan fingerprint density at radius 2 is 1.17 bits per heavy atom. The van der Waals surface area contributed by atoms with Gasteiger partial charge in [0.05, 0.1) is 0 Å². The zero-order valence-electron chi connectivity index (χ0n) is 1.80. The predicted molar refractivity (Wildman–Crippen MR) is 28.0 cm³/mol. The summed E-state index contributed by atoms with van der Waals surface area (Å²) in [6.45, 7) is 0. The molecule has 0 heterocycles. The molecule has 0 radical (unpaired) electrons. The van der Waals surface area contributed by atoms with E-state index in [0.29, 0.717) is 0 Å². The molecule has 0 aliphatic heterocycles. The van der Waals surface area contributed by atoms with Crippen LogP contribution < -0.4 is 0 Å². The molecule has 0 rings (SSSR count). The van der Waals surface area contributed by atoms with E-state index in [4.69, 9.17) is 14.1 Å². The van der Waals surface area contributed by atoms with Crippen molar-refractivity contribution in [1.82, 2.24) is 0 Å². The minimum atomic E-state index is -3.13. The summed E-state index contributed by atoms with van der Waals surface area (Å²) >= 11 is 0. The van der Waals surface area contributed by atoms with Gasteiger partial charge in [-0.3, -0.25) is 4.46 Å². The zero-order valence-corrected chi connectivity index (χ0v) is 2.80. The van der Waals surface area contributed by atoms with E-state index in [1.54, 1.807) is 0 Å². The molecule has 0 spiro atoms. The van der Waals surface area contributed by atoms with Gasteiger partial charge in [-0.05, 0) is 0 Å². The molecule has 0 unspecified atom stereocenters. The Hall–Kier alpha value is -0.0455. The molecule has 0 aromatic rings. The van der Waals surface area contributed by atoms with Gasteiger partial charge < -0.3 is 9.59 Å². The Morgan fingerprint density at radius 1 is 1.17 bits per heavy atom. The summed E-state index contributed by atoms with van der Waals surface area (Å²) in [5.41, 5.74) is 0. The summed E-state index contributed by atoms with van der Waals surface area (Å²) in [6, 6.07) is 0. The van der Waals surface area contributed by atoms with Gasteiger partial charge in [0.15, 0.2) is 0 Å². The van der Waals surface area contributed by atoms with Gasteiger partial charge in [0.25, 0.3) is 0 Å². The maximum absolute atomic E-state index is 8.74. The molecule has 0 aliphatic rings. The normalized spacial score (nSPS) is 4.00. The summed E-state index contributed by atoms with van der Waals surface area (Å²) in [6.07, 6.45) is 0. The van der Waals surface area contributed by atoms with E-state index in [0.717, 1.165) is 0 Å². The molecule has 0 aromatic carbocycles. The molecule has 0 aliphatic carbocycles. The number of hydrogen-bond donors (Lipinski definition) is 2. The van der Waals surface area contributed by atoms with Gasteiger partial charge in [-0.2, -0.15) is 0 Å². The van der Waals surface area contributed by atoms with Crippen LogP contribution in [0.25, 0.3) is 0 Å². The molecule has 0 aromatic heterocycles. The second-order valence-electron chi connectivity index (χ2n) is 0.283. The summed E-state index contributed by atoms with van der Waals surface area (Å²) in [7, 11) is -3.13. The van der Waals surface area contributed by atoms with E-state index in [9.17, 15) is 0 Å². The number of hydrogen-bond acceptors (Lipinski definition) is 1. The van der Waals surface area contributed by atoms with E-state index >= 15 is 0 Å². The Labute approximate surface area is 44.3 Å². The average molecular weight is 100 g/mol. The first-order valence-corrected chi connectivity index (χ1v) is 1.95. The first-order chi connectivity index (χ1) is 1.73. The van der Waals surface area contributed by atoms with Crippen LogP contribution in [0.5, 0.6) is 0 Å². The molecular formula is H6Be2O3Si. The van der Waals surface area contributed by atoms with Crippen LogP contribution in [0.2, 0.25) is 0 Å². The molecule has 3 nitrogen and oxygen atoms in total. The molecule has 6 heavy (non-hydrogen) atoms. The number of rotatable bonds is 0. The first kappa shape index (κ1) is 16.7. The van der Waals surface area contributed by atoms with Crippen molar-refractivity contribution in [2.75, 3.05) is 0 Å². The molecule has 2 N–H and O–H groups in total. The fraction of sp³-hybridized carbons (Fsp3) is 0. The van der Waals surface area contributed by atoms with Gasteiger partial charge in [-0.1, -0.05) is 0 Å². The molecule has 0 saturated carbocycles. The van der Waals surface area contributed by atoms with Gasteiger partial charge in [-0.25, -0.2) is 0 Å². The van der Waals surface area contributed by atoms with E-state index in [1.165, 1.54) is 0 Å². The molecule has 32 valence electrons. The monoisotopic (exact) mass is 100 g/mol. The molecule has 6 heteroatoms. The third-order valence-electron chi connectivity index (χ3n) is 0. The minimum absolute atomic E-state index is 0. The molecular weight excluding hydrogens is 94.1 g/mol. The van der Waals surface area contributed by atoms with Crippen LogP contribution in [0.4, 0.5) is 0 Å². The van der Waals surface area contributed by atoms with Crippen LogP contribution in [0, 0.1) is 0 Å². The fourth-order valence-electron chi connectivity index (χ4n) is 0. The third-order valence-corrected chi connectivity index (χ3v) is 0. The molecule has 0 atom stereocenters. The van der Waals surface area contributed by atoms with Crippen LogP contribution in [-0.2, 0) is 4.46 Å². The fourth-order valence-corrected chi connectivity index (χ4v) is 0. The van der Waals surface area contributed by atoms with Crippen molar-refractivity contribution in [2.24, 2.45) is 0 Å². The van der Waals surface area contributed by atoms with Crippen molar-refractivity contribution in [3.8, 4) is 0 Å². The SMILES string of the molecule is O=[Si](O)O.[BeH2].[BeH2]. The zero-order chi connectivity index (χ0) is 3.58. The molecule has 0 bridgehead atoms. The van der Waals surface area contributed by atoms with Gasteiger partial charge >= 0.3 is 29.4 Å². The van der Waals surface area contributed by atoms with Crippen molar-refractivity contribution in [1.29, 1.82) is 0 Å². The van der Waals surface area contributed by atoms with Crippen LogP contribution in [-0.4, -0.2) is 39.0 Å². The van der Waals surface area contributed by atoms with Crippen LogP contribution >= 0.6 is 0 Å². The van der Waals surface area contributed by atoms with Crippen LogP contribution in [0.3, 0.4) is 0 Å². The van der Waals surface area contributed by atoms with Crippen molar-refractivity contribution < 1.29 is 14.1 Å². The van der Waals surface area contributed by atoms with E-state index in [1.807, 2.05) is 0 Å². The summed E-state index contributed by atoms with van der Waals surface area (Å²) in [4.78, 5) is 14.3. The quantitative estimate of drug-likeness (QED) is 0.311. The maximum atomic E-state index is 8.74. The van der Waals surface area contributed by atoms with Gasteiger partial charge in [-0.15, -0.1) is 0 Å². The van der Waals surface area contributed by atoms with Gasteiger partial charge in [0, 0.05) is 0 Å². The van der Waals surface area contributed by atoms with Crippen LogP contribution in [0.15, 0.2) is 0 Å². The topological polar surface area (TPSA) is 57.5 Å². The Bertz CT molecular complexity index is 31.8. The standard InChI is InChI=1S/2Be.H2O3Si.4H/c;;1-4(2)3;;;;/h;;1-2H;;;;. The van der Waals surface area contributed by atoms with Crippen LogP contribution in [0.1, 0.15) is 0 Å². The molecule has 0 saturated heterocycles. The van der Waals surface area contributed by atoms with Crippen molar-refractivity contribution in [2.45, 2.75) is 0 Å². The average Bonchev–Trinajstić information content (AvgIpc) is 0.811. The van der Waals surface area contributed by atoms with Gasteiger partial charge in [0.1, 0.15) is 0 Å². The Kier molecular flexibility index (Phi) is 24.8. The molecule has 0 amide bonds. The van der Waals surface area contributed by atoms with Crippen molar-refractivity contribution in [3.05, 3.63) is 0 Å². The predicted octanol–water partition coefficient (Wildman–Crippen LogP) is -3.45. The van der Waals surface area contributed by atoms with Crippen molar-refractivity contribution in [3.63, 3.8) is 0 Å². The Balaban J connectivity index is -0.0000000450.